The Bertz CT molecular complexity index is 369. The molecule has 3 N–H and O–H groups in total. The monoisotopic (exact) mass is 313 g/mol. The van der Waals surface area contributed by atoms with Crippen molar-refractivity contribution in [3.8, 4) is 0 Å². The van der Waals surface area contributed by atoms with Gasteiger partial charge in [-0.05, 0) is 27.7 Å². The van der Waals surface area contributed by atoms with Gasteiger partial charge in [0.15, 0.2) is 0 Å². The summed E-state index contributed by atoms with van der Waals surface area (Å²) in [6.07, 6.45) is 0.765. The predicted octanol–water partition coefficient (Wildman–Crippen LogP) is 2.00. The molecule has 1 aromatic rings. The van der Waals surface area contributed by atoms with E-state index in [1.807, 2.05) is 6.92 Å². The molecule has 7 heteroatoms. The summed E-state index contributed by atoms with van der Waals surface area (Å²) in [7, 11) is 0. The maximum absolute atomic E-state index is 11.5. The molecule has 106 valence electrons. The van der Waals surface area contributed by atoms with Crippen molar-refractivity contribution in [2.24, 2.45) is 5.73 Å². The first-order valence-corrected chi connectivity index (χ1v) is 6.12. The second kappa shape index (κ2) is 7.94. The summed E-state index contributed by atoms with van der Waals surface area (Å²) < 4.78 is 0. The number of carbonyl (C=O) groups is 1. The molecule has 0 bridgehead atoms. The lowest BCUT2D eigenvalue weighted by molar-refractivity contribution is -0.125. The van der Waals surface area contributed by atoms with E-state index < -0.39 is 5.54 Å². The van der Waals surface area contributed by atoms with Crippen LogP contribution >= 0.6 is 36.2 Å². The van der Waals surface area contributed by atoms with Crippen LogP contribution < -0.4 is 11.1 Å². The number of thiazole rings is 1. The molecule has 18 heavy (non-hydrogen) atoms. The molecule has 1 aromatic heterocycles. The Balaban J connectivity index is 0. The molecule has 0 aliphatic carbocycles. The summed E-state index contributed by atoms with van der Waals surface area (Å²) in [6, 6.07) is 0. The van der Waals surface area contributed by atoms with Gasteiger partial charge in [0.1, 0.15) is 0 Å². The van der Waals surface area contributed by atoms with Crippen LogP contribution in [-0.2, 0) is 11.2 Å². The summed E-state index contributed by atoms with van der Waals surface area (Å²) in [4.78, 5) is 17.1. The molecule has 1 rings (SSSR count). The van der Waals surface area contributed by atoms with Crippen LogP contribution in [-0.4, -0.2) is 23.0 Å². The maximum Gasteiger partial charge on any atom is 0.239 e. The molecule has 1 amide bonds. The summed E-state index contributed by atoms with van der Waals surface area (Å²) in [5.74, 6) is -0.127. The topological polar surface area (TPSA) is 68.0 Å². The van der Waals surface area contributed by atoms with E-state index in [1.54, 1.807) is 25.2 Å². The average molecular weight is 314 g/mol. The molecule has 0 aliphatic rings. The molecule has 0 saturated carbocycles. The Hall–Kier alpha value is -0.360. The number of rotatable bonds is 4. The second-order valence-electron chi connectivity index (χ2n) is 4.48. The van der Waals surface area contributed by atoms with Crippen LogP contribution in [0.4, 0.5) is 0 Å². The number of hydrogen-bond donors (Lipinski definition) is 2. The Kier molecular flexibility index (Phi) is 8.81. The van der Waals surface area contributed by atoms with E-state index in [2.05, 4.69) is 17.2 Å². The number of nitrogens with two attached hydrogens (primary N) is 1. The third-order valence-corrected chi connectivity index (χ3v) is 3.42. The van der Waals surface area contributed by atoms with Crippen LogP contribution in [0, 0.1) is 13.8 Å². The fraction of sp³-hybridized carbons (Fsp3) is 0.636. The molecule has 4 nitrogen and oxygen atoms in total. The highest BCUT2D eigenvalue weighted by atomic mass is 35.5. The molecule has 0 aromatic carbocycles. The zero-order valence-corrected chi connectivity index (χ0v) is 13.5. The number of carbonyl (C=O) groups excluding carboxylic acids is 1. The summed E-state index contributed by atoms with van der Waals surface area (Å²) >= 11 is 1.68. The van der Waals surface area contributed by atoms with E-state index in [1.165, 1.54) is 4.88 Å². The van der Waals surface area contributed by atoms with E-state index in [0.29, 0.717) is 6.54 Å². The Morgan fingerprint density at radius 1 is 1.39 bits per heavy atom. The molecule has 0 aliphatic heterocycles. The smallest absolute Gasteiger partial charge is 0.239 e. The molecular weight excluding hydrogens is 293 g/mol. The van der Waals surface area contributed by atoms with Gasteiger partial charge < -0.3 is 11.1 Å². The zero-order chi connectivity index (χ0) is 12.3. The highest BCUT2D eigenvalue weighted by Gasteiger charge is 2.20. The van der Waals surface area contributed by atoms with Gasteiger partial charge >= 0.3 is 0 Å². The van der Waals surface area contributed by atoms with E-state index in [0.717, 1.165) is 17.1 Å². The standard InChI is InChI=1S/C11H19N3OS.2ClH/c1-7-8(2)16-9(14-7)5-6-13-10(15)11(3,4)12;;/h5-6,12H2,1-4H3,(H,13,15);2*1H. The fourth-order valence-corrected chi connectivity index (χ4v) is 2.09. The predicted molar refractivity (Wildman–Crippen MR) is 81.1 cm³/mol. The number of nitrogens with zero attached hydrogens (tertiary/aromatic N) is 1. The third-order valence-electron chi connectivity index (χ3n) is 2.28. The number of halogens is 2. The van der Waals surface area contributed by atoms with Gasteiger partial charge in [-0.1, -0.05) is 0 Å². The largest absolute Gasteiger partial charge is 0.354 e. The molecule has 0 radical (unpaired) electrons. The van der Waals surface area contributed by atoms with Gasteiger partial charge in [-0.2, -0.15) is 0 Å². The minimum atomic E-state index is -0.811. The van der Waals surface area contributed by atoms with Crippen molar-refractivity contribution < 1.29 is 4.79 Å². The molecule has 0 fully saturated rings. The fourth-order valence-electron chi connectivity index (χ4n) is 1.16. The lowest BCUT2D eigenvalue weighted by atomic mass is 10.1. The summed E-state index contributed by atoms with van der Waals surface area (Å²) in [6.45, 7) is 8.03. The maximum atomic E-state index is 11.5. The summed E-state index contributed by atoms with van der Waals surface area (Å²) in [5, 5.41) is 3.86. The Morgan fingerprint density at radius 2 is 1.94 bits per heavy atom. The van der Waals surface area contributed by atoms with E-state index in [9.17, 15) is 4.79 Å². The first-order chi connectivity index (χ1) is 7.30. The SMILES string of the molecule is Cc1nc(CCNC(=O)C(C)(C)N)sc1C.Cl.Cl. The molecule has 0 saturated heterocycles. The molecule has 0 unspecified atom stereocenters. The van der Waals surface area contributed by atoms with E-state index in [4.69, 9.17) is 5.73 Å². The zero-order valence-electron chi connectivity index (χ0n) is 11.1. The van der Waals surface area contributed by atoms with Gasteiger partial charge in [-0.25, -0.2) is 4.98 Å². The van der Waals surface area contributed by atoms with Gasteiger partial charge in [0.05, 0.1) is 16.2 Å². The van der Waals surface area contributed by atoms with Crippen LogP contribution in [0.3, 0.4) is 0 Å². The lowest BCUT2D eigenvalue weighted by Gasteiger charge is -2.17. The highest BCUT2D eigenvalue weighted by Crippen LogP contribution is 2.16. The third kappa shape index (κ3) is 6.00. The lowest BCUT2D eigenvalue weighted by Crippen LogP contribution is -2.49. The molecule has 1 heterocycles. The van der Waals surface area contributed by atoms with Gasteiger partial charge in [-0.3, -0.25) is 4.79 Å². The van der Waals surface area contributed by atoms with Crippen LogP contribution in [0.25, 0.3) is 0 Å². The minimum Gasteiger partial charge on any atom is -0.354 e. The normalized spacial score (nSPS) is 10.3. The minimum absolute atomic E-state index is 0. The number of amides is 1. The van der Waals surface area contributed by atoms with Crippen LogP contribution in [0.15, 0.2) is 0 Å². The Morgan fingerprint density at radius 3 is 2.33 bits per heavy atom. The van der Waals surface area contributed by atoms with Gasteiger partial charge in [0, 0.05) is 17.8 Å². The highest BCUT2D eigenvalue weighted by molar-refractivity contribution is 7.11. The van der Waals surface area contributed by atoms with Crippen LogP contribution in [0.2, 0.25) is 0 Å². The van der Waals surface area contributed by atoms with Crippen molar-refractivity contribution in [2.75, 3.05) is 6.54 Å². The van der Waals surface area contributed by atoms with Crippen molar-refractivity contribution in [1.82, 2.24) is 10.3 Å². The number of aromatic nitrogens is 1. The van der Waals surface area contributed by atoms with Crippen molar-refractivity contribution >= 4 is 42.1 Å². The first-order valence-electron chi connectivity index (χ1n) is 5.31. The second-order valence-corrected chi connectivity index (χ2v) is 5.76. The van der Waals surface area contributed by atoms with Crippen molar-refractivity contribution in [2.45, 2.75) is 39.7 Å². The van der Waals surface area contributed by atoms with E-state index >= 15 is 0 Å². The van der Waals surface area contributed by atoms with Crippen molar-refractivity contribution in [3.05, 3.63) is 15.6 Å². The van der Waals surface area contributed by atoms with Gasteiger partial charge in [0.2, 0.25) is 5.91 Å². The molecular formula is C11H21Cl2N3OS. The van der Waals surface area contributed by atoms with Gasteiger partial charge in [0.25, 0.3) is 0 Å². The molecule has 0 spiro atoms. The molecule has 0 atom stereocenters. The van der Waals surface area contributed by atoms with E-state index in [-0.39, 0.29) is 30.7 Å². The summed E-state index contributed by atoms with van der Waals surface area (Å²) in [5.41, 5.74) is 5.93. The first kappa shape index (κ1) is 20.0. The van der Waals surface area contributed by atoms with Crippen LogP contribution in [0.1, 0.15) is 29.4 Å². The Labute approximate surface area is 125 Å². The number of nitrogens with one attached hydrogen (secondary N) is 1. The quantitative estimate of drug-likeness (QED) is 0.893. The average Bonchev–Trinajstić information content (AvgIpc) is 2.44. The number of hydrogen-bond acceptors (Lipinski definition) is 4. The van der Waals surface area contributed by atoms with Crippen molar-refractivity contribution in [1.29, 1.82) is 0 Å². The van der Waals surface area contributed by atoms with Crippen LogP contribution in [0.5, 0.6) is 0 Å². The van der Waals surface area contributed by atoms with Crippen molar-refractivity contribution in [3.63, 3.8) is 0 Å². The number of aryl methyl sites for hydroxylation is 2. The van der Waals surface area contributed by atoms with Gasteiger partial charge in [-0.15, -0.1) is 36.2 Å².